The van der Waals surface area contributed by atoms with E-state index in [0.29, 0.717) is 21.4 Å². The maximum atomic E-state index is 12.8. The molecule has 0 spiro atoms. The van der Waals surface area contributed by atoms with Crippen molar-refractivity contribution in [3.63, 3.8) is 0 Å². The number of fused-ring (bicyclic) bond motifs is 1. The summed E-state index contributed by atoms with van der Waals surface area (Å²) in [4.78, 5) is 23.0. The highest BCUT2D eigenvalue weighted by Gasteiger charge is 2.21. The highest BCUT2D eigenvalue weighted by molar-refractivity contribution is 14.1. The van der Waals surface area contributed by atoms with Gasteiger partial charge in [0.25, 0.3) is 5.91 Å². The number of methoxy groups -OCH3 is 2. The second kappa shape index (κ2) is 7.85. The Morgan fingerprint density at radius 3 is 2.69 bits per heavy atom. The van der Waals surface area contributed by atoms with Crippen molar-refractivity contribution in [3.05, 3.63) is 43.6 Å². The molecule has 0 radical (unpaired) electrons. The zero-order valence-electron chi connectivity index (χ0n) is 14.8. The number of hydrogen-bond acceptors (Lipinski definition) is 6. The van der Waals surface area contributed by atoms with Crippen LogP contribution in [0.5, 0.6) is 5.88 Å². The second-order valence-corrected chi connectivity index (χ2v) is 7.98. The average Bonchev–Trinajstić information content (AvgIpc) is 2.94. The number of ether oxygens (including phenoxy) is 2. The summed E-state index contributed by atoms with van der Waals surface area (Å²) in [5.41, 5.74) is 2.63. The number of thiophene rings is 1. The number of rotatable bonds is 5. The molecule has 1 amide bonds. The first-order chi connectivity index (χ1) is 12.4. The number of nitrogens with one attached hydrogen (secondary N) is 1. The zero-order chi connectivity index (χ0) is 18.8. The molecule has 2 aromatic heterocycles. The van der Waals surface area contributed by atoms with Gasteiger partial charge in [0.15, 0.2) is 5.82 Å². The molecule has 0 aliphatic carbocycles. The van der Waals surface area contributed by atoms with Crippen LogP contribution in [0.2, 0.25) is 0 Å². The third-order valence-corrected chi connectivity index (χ3v) is 5.77. The molecular formula is C18H18IN3O3S. The lowest BCUT2D eigenvalue weighted by Gasteiger charge is -2.08. The number of amides is 1. The summed E-state index contributed by atoms with van der Waals surface area (Å²) >= 11 is 3.58. The molecule has 0 aliphatic rings. The van der Waals surface area contributed by atoms with Crippen LogP contribution >= 0.6 is 33.9 Å². The van der Waals surface area contributed by atoms with Gasteiger partial charge in [-0.05, 0) is 65.8 Å². The third-order valence-electron chi connectivity index (χ3n) is 3.91. The quantitative estimate of drug-likeness (QED) is 0.548. The number of carbonyl (C=O) groups excluding carboxylic acids is 1. The van der Waals surface area contributed by atoms with Crippen LogP contribution in [0.1, 0.15) is 26.6 Å². The minimum Gasteiger partial charge on any atom is -0.480 e. The number of carbonyl (C=O) groups is 1. The van der Waals surface area contributed by atoms with Gasteiger partial charge >= 0.3 is 0 Å². The number of hydrogen-bond donors (Lipinski definition) is 1. The van der Waals surface area contributed by atoms with Crippen LogP contribution in [-0.4, -0.2) is 30.1 Å². The van der Waals surface area contributed by atoms with Gasteiger partial charge in [0.1, 0.15) is 11.4 Å². The monoisotopic (exact) mass is 483 g/mol. The summed E-state index contributed by atoms with van der Waals surface area (Å²) in [7, 11) is 3.14. The molecule has 0 saturated heterocycles. The van der Waals surface area contributed by atoms with E-state index in [4.69, 9.17) is 9.47 Å². The molecule has 0 aliphatic heterocycles. The van der Waals surface area contributed by atoms with Gasteiger partial charge < -0.3 is 14.8 Å². The van der Waals surface area contributed by atoms with Crippen LogP contribution < -0.4 is 10.1 Å². The Kier molecular flexibility index (Phi) is 5.73. The van der Waals surface area contributed by atoms with E-state index in [1.165, 1.54) is 11.3 Å². The lowest BCUT2D eigenvalue weighted by atomic mass is 10.1. The first-order valence-corrected chi connectivity index (χ1v) is 9.74. The number of aryl methyl sites for hydroxylation is 2. The van der Waals surface area contributed by atoms with Crippen LogP contribution in [0.15, 0.2) is 18.2 Å². The maximum Gasteiger partial charge on any atom is 0.266 e. The van der Waals surface area contributed by atoms with E-state index in [1.54, 1.807) is 14.2 Å². The number of nitrogens with zero attached hydrogens (tertiary/aromatic N) is 2. The molecule has 0 bridgehead atoms. The smallest absolute Gasteiger partial charge is 0.266 e. The first-order valence-electron chi connectivity index (χ1n) is 7.85. The molecule has 3 aromatic rings. The molecule has 1 N–H and O–H groups in total. The molecule has 2 heterocycles. The molecule has 1 aromatic carbocycles. The first kappa shape index (κ1) is 19.0. The van der Waals surface area contributed by atoms with Crippen LogP contribution in [-0.2, 0) is 11.3 Å². The van der Waals surface area contributed by atoms with Gasteiger partial charge in [-0.2, -0.15) is 4.98 Å². The van der Waals surface area contributed by atoms with Crippen molar-refractivity contribution in [2.75, 3.05) is 19.5 Å². The highest BCUT2D eigenvalue weighted by atomic mass is 127. The summed E-state index contributed by atoms with van der Waals surface area (Å²) in [5.74, 6) is 0.823. The molecule has 0 atom stereocenters. The molecule has 3 rings (SSSR count). The van der Waals surface area contributed by atoms with Gasteiger partial charge in [-0.3, -0.25) is 4.79 Å². The van der Waals surface area contributed by atoms with Crippen LogP contribution in [0.3, 0.4) is 0 Å². The van der Waals surface area contributed by atoms with Crippen molar-refractivity contribution in [3.8, 4) is 5.88 Å². The van der Waals surface area contributed by atoms with E-state index in [0.717, 1.165) is 25.8 Å². The second-order valence-electron chi connectivity index (χ2n) is 5.73. The molecule has 0 unspecified atom stereocenters. The van der Waals surface area contributed by atoms with E-state index >= 15 is 0 Å². The van der Waals surface area contributed by atoms with Crippen molar-refractivity contribution < 1.29 is 14.3 Å². The summed E-state index contributed by atoms with van der Waals surface area (Å²) in [6, 6.07) is 5.90. The number of aromatic nitrogens is 2. The van der Waals surface area contributed by atoms with E-state index in [-0.39, 0.29) is 12.5 Å². The molecule has 0 saturated carbocycles. The Hall–Kier alpha value is -1.78. The van der Waals surface area contributed by atoms with Gasteiger partial charge in [-0.25, -0.2) is 4.98 Å². The topological polar surface area (TPSA) is 73.3 Å². The maximum absolute atomic E-state index is 12.8. The Bertz CT molecular complexity index is 987. The highest BCUT2D eigenvalue weighted by Crippen LogP contribution is 2.35. The van der Waals surface area contributed by atoms with Crippen molar-refractivity contribution in [2.24, 2.45) is 0 Å². The van der Waals surface area contributed by atoms with Gasteiger partial charge in [-0.15, -0.1) is 11.3 Å². The van der Waals surface area contributed by atoms with Crippen LogP contribution in [0, 0.1) is 17.4 Å². The molecule has 0 fully saturated rings. The van der Waals surface area contributed by atoms with E-state index in [1.807, 2.05) is 32.0 Å². The van der Waals surface area contributed by atoms with Crippen molar-refractivity contribution in [1.82, 2.24) is 9.97 Å². The fourth-order valence-electron chi connectivity index (χ4n) is 2.65. The molecule has 26 heavy (non-hydrogen) atoms. The predicted octanol–water partition coefficient (Wildman–Crippen LogP) is 4.32. The number of halogens is 1. The van der Waals surface area contributed by atoms with Gasteiger partial charge in [0, 0.05) is 16.4 Å². The van der Waals surface area contributed by atoms with E-state index in [2.05, 4.69) is 37.9 Å². The molecular weight excluding hydrogens is 465 g/mol. The van der Waals surface area contributed by atoms with E-state index < -0.39 is 0 Å². The SMILES string of the molecule is COCc1nc(OC)c2c(C)c(C(=O)Nc3ccc(I)cc3C)sc2n1. The fraction of sp³-hybridized carbons (Fsp3) is 0.278. The Balaban J connectivity index is 2.01. The van der Waals surface area contributed by atoms with Gasteiger partial charge in [0.05, 0.1) is 17.4 Å². The molecule has 8 heteroatoms. The summed E-state index contributed by atoms with van der Waals surface area (Å²) in [5, 5.41) is 3.75. The van der Waals surface area contributed by atoms with E-state index in [9.17, 15) is 4.79 Å². The normalized spacial score (nSPS) is 11.0. The Labute approximate surface area is 169 Å². The molecule has 136 valence electrons. The molecule has 6 nitrogen and oxygen atoms in total. The summed E-state index contributed by atoms with van der Waals surface area (Å²) < 4.78 is 11.6. The summed E-state index contributed by atoms with van der Waals surface area (Å²) in [6.45, 7) is 4.14. The largest absolute Gasteiger partial charge is 0.480 e. The van der Waals surface area contributed by atoms with Crippen LogP contribution in [0.4, 0.5) is 5.69 Å². The summed E-state index contributed by atoms with van der Waals surface area (Å²) in [6.07, 6.45) is 0. The fourth-order valence-corrected chi connectivity index (χ4v) is 4.38. The number of anilines is 1. The lowest BCUT2D eigenvalue weighted by Crippen LogP contribution is -2.12. The standard InChI is InChI=1S/C18H18IN3O3S/c1-9-7-11(19)5-6-12(9)20-16(23)15-10(2)14-17(25-4)21-13(8-24-3)22-18(14)26-15/h5-7H,8H2,1-4H3,(H,20,23). The van der Waals surface area contributed by atoms with Crippen molar-refractivity contribution >= 4 is 55.7 Å². The van der Waals surface area contributed by atoms with Crippen molar-refractivity contribution in [1.29, 1.82) is 0 Å². The number of benzene rings is 1. The predicted molar refractivity (Wildman–Crippen MR) is 111 cm³/mol. The minimum absolute atomic E-state index is 0.162. The zero-order valence-corrected chi connectivity index (χ0v) is 17.8. The Morgan fingerprint density at radius 2 is 2.04 bits per heavy atom. The average molecular weight is 483 g/mol. The minimum atomic E-state index is -0.162. The van der Waals surface area contributed by atoms with Gasteiger partial charge in [-0.1, -0.05) is 0 Å². The third kappa shape index (κ3) is 3.67. The van der Waals surface area contributed by atoms with Gasteiger partial charge in [0.2, 0.25) is 5.88 Å². The van der Waals surface area contributed by atoms with Crippen molar-refractivity contribution in [2.45, 2.75) is 20.5 Å². The van der Waals surface area contributed by atoms with Crippen LogP contribution in [0.25, 0.3) is 10.2 Å². The lowest BCUT2D eigenvalue weighted by molar-refractivity contribution is 0.103. The Morgan fingerprint density at radius 1 is 1.27 bits per heavy atom.